The summed E-state index contributed by atoms with van der Waals surface area (Å²) in [5, 5.41) is 6.37. The van der Waals surface area contributed by atoms with Crippen LogP contribution in [0.1, 0.15) is 38.2 Å². The van der Waals surface area contributed by atoms with E-state index in [9.17, 15) is 4.79 Å². The van der Waals surface area contributed by atoms with Gasteiger partial charge in [0.2, 0.25) is 5.91 Å². The van der Waals surface area contributed by atoms with Crippen molar-refractivity contribution in [2.24, 2.45) is 5.92 Å². The Morgan fingerprint density at radius 2 is 2.16 bits per heavy atom. The van der Waals surface area contributed by atoms with Gasteiger partial charge in [-0.15, -0.1) is 0 Å². The van der Waals surface area contributed by atoms with E-state index in [2.05, 4.69) is 22.8 Å². The minimum Gasteiger partial charge on any atom is -0.326 e. The summed E-state index contributed by atoms with van der Waals surface area (Å²) in [6.07, 6.45) is 5.22. The van der Waals surface area contributed by atoms with Gasteiger partial charge in [-0.25, -0.2) is 0 Å². The van der Waals surface area contributed by atoms with Crippen molar-refractivity contribution in [3.8, 4) is 0 Å². The van der Waals surface area contributed by atoms with Crippen LogP contribution in [0.5, 0.6) is 0 Å². The van der Waals surface area contributed by atoms with Gasteiger partial charge in [0.15, 0.2) is 0 Å². The van der Waals surface area contributed by atoms with Crippen LogP contribution in [-0.4, -0.2) is 19.0 Å². The van der Waals surface area contributed by atoms with Gasteiger partial charge in [-0.2, -0.15) is 0 Å². The number of piperidine rings is 1. The summed E-state index contributed by atoms with van der Waals surface area (Å²) >= 11 is 0. The van der Waals surface area contributed by atoms with Crippen LogP contribution in [0.4, 0.5) is 5.69 Å². The number of carbonyl (C=O) groups is 1. The van der Waals surface area contributed by atoms with Crippen LogP contribution in [0.25, 0.3) is 0 Å². The highest BCUT2D eigenvalue weighted by molar-refractivity contribution is 5.90. The van der Waals surface area contributed by atoms with E-state index in [1.807, 2.05) is 19.1 Å². The van der Waals surface area contributed by atoms with Crippen LogP contribution in [0.15, 0.2) is 24.3 Å². The maximum atomic E-state index is 11.5. The third-order valence-electron chi connectivity index (χ3n) is 3.64. The Hall–Kier alpha value is -1.35. The number of benzene rings is 1. The molecule has 0 saturated carbocycles. The molecule has 104 valence electrons. The van der Waals surface area contributed by atoms with Gasteiger partial charge in [-0.05, 0) is 62.4 Å². The molecule has 1 aromatic rings. The van der Waals surface area contributed by atoms with E-state index in [1.165, 1.54) is 24.9 Å². The van der Waals surface area contributed by atoms with Gasteiger partial charge >= 0.3 is 0 Å². The lowest BCUT2D eigenvalue weighted by molar-refractivity contribution is -0.116. The molecule has 0 aromatic heterocycles. The van der Waals surface area contributed by atoms with E-state index >= 15 is 0 Å². The Balaban J connectivity index is 1.85. The molecule has 1 aliphatic heterocycles. The van der Waals surface area contributed by atoms with Gasteiger partial charge in [-0.1, -0.05) is 19.1 Å². The first-order valence-corrected chi connectivity index (χ1v) is 7.37. The third kappa shape index (κ3) is 4.67. The van der Waals surface area contributed by atoms with E-state index in [0.29, 0.717) is 6.42 Å². The molecule has 0 spiro atoms. The fraction of sp³-hybridized carbons (Fsp3) is 0.562. The zero-order valence-electron chi connectivity index (χ0n) is 11.7. The molecule has 3 nitrogen and oxygen atoms in total. The molecule has 0 aliphatic carbocycles. The van der Waals surface area contributed by atoms with Crippen LogP contribution in [0.3, 0.4) is 0 Å². The molecule has 1 aliphatic rings. The molecule has 1 unspecified atom stereocenters. The summed E-state index contributed by atoms with van der Waals surface area (Å²) in [6, 6.07) is 8.30. The molecule has 1 heterocycles. The third-order valence-corrected chi connectivity index (χ3v) is 3.64. The number of hydrogen-bond acceptors (Lipinski definition) is 2. The summed E-state index contributed by atoms with van der Waals surface area (Å²) in [4.78, 5) is 11.5. The number of anilines is 1. The molecule has 1 amide bonds. The van der Waals surface area contributed by atoms with Gasteiger partial charge in [0.05, 0.1) is 0 Å². The Kier molecular flexibility index (Phi) is 5.40. The second-order valence-electron chi connectivity index (χ2n) is 5.41. The highest BCUT2D eigenvalue weighted by Gasteiger charge is 2.13. The van der Waals surface area contributed by atoms with Gasteiger partial charge in [0, 0.05) is 12.1 Å². The van der Waals surface area contributed by atoms with Crippen LogP contribution < -0.4 is 10.6 Å². The Bertz CT molecular complexity index is 394. The zero-order valence-corrected chi connectivity index (χ0v) is 11.7. The van der Waals surface area contributed by atoms with E-state index in [1.54, 1.807) is 0 Å². The van der Waals surface area contributed by atoms with Crippen LogP contribution in [0, 0.1) is 5.92 Å². The Morgan fingerprint density at radius 3 is 2.79 bits per heavy atom. The first kappa shape index (κ1) is 14.1. The lowest BCUT2D eigenvalue weighted by Gasteiger charge is -2.22. The van der Waals surface area contributed by atoms with Crippen molar-refractivity contribution >= 4 is 11.6 Å². The van der Waals surface area contributed by atoms with E-state index in [4.69, 9.17) is 0 Å². The van der Waals surface area contributed by atoms with Crippen molar-refractivity contribution in [1.82, 2.24) is 5.32 Å². The molecule has 2 rings (SSSR count). The molecular weight excluding hydrogens is 236 g/mol. The van der Waals surface area contributed by atoms with Gasteiger partial charge in [0.1, 0.15) is 0 Å². The number of rotatable bonds is 5. The summed E-state index contributed by atoms with van der Waals surface area (Å²) in [5.41, 5.74) is 2.27. The van der Waals surface area contributed by atoms with Crippen molar-refractivity contribution < 1.29 is 4.79 Å². The first-order chi connectivity index (χ1) is 9.28. The number of hydrogen-bond donors (Lipinski definition) is 2. The molecule has 1 saturated heterocycles. The maximum absolute atomic E-state index is 11.5. The van der Waals surface area contributed by atoms with Crippen molar-refractivity contribution in [3.05, 3.63) is 29.8 Å². The molecule has 2 N–H and O–H groups in total. The topological polar surface area (TPSA) is 41.1 Å². The van der Waals surface area contributed by atoms with Crippen molar-refractivity contribution in [2.75, 3.05) is 18.4 Å². The molecular formula is C16H24N2O. The summed E-state index contributed by atoms with van der Waals surface area (Å²) in [5.74, 6) is 0.862. The minimum atomic E-state index is 0.103. The summed E-state index contributed by atoms with van der Waals surface area (Å²) in [6.45, 7) is 4.31. The molecule has 0 radical (unpaired) electrons. The van der Waals surface area contributed by atoms with Crippen LogP contribution in [0.2, 0.25) is 0 Å². The second-order valence-corrected chi connectivity index (χ2v) is 5.41. The Morgan fingerprint density at radius 1 is 1.37 bits per heavy atom. The zero-order chi connectivity index (χ0) is 13.5. The van der Waals surface area contributed by atoms with Gasteiger partial charge in [-0.3, -0.25) is 4.79 Å². The van der Waals surface area contributed by atoms with Gasteiger partial charge < -0.3 is 10.6 Å². The quantitative estimate of drug-likeness (QED) is 0.854. The first-order valence-electron chi connectivity index (χ1n) is 7.37. The highest BCUT2D eigenvalue weighted by Crippen LogP contribution is 2.18. The molecule has 1 atom stereocenters. The maximum Gasteiger partial charge on any atom is 0.224 e. The molecule has 1 aromatic carbocycles. The lowest BCUT2D eigenvalue weighted by atomic mass is 9.92. The number of nitrogens with one attached hydrogen (secondary N) is 2. The van der Waals surface area contributed by atoms with E-state index < -0.39 is 0 Å². The fourth-order valence-corrected chi connectivity index (χ4v) is 2.61. The highest BCUT2D eigenvalue weighted by atomic mass is 16.1. The molecule has 3 heteroatoms. The van der Waals surface area contributed by atoms with Crippen molar-refractivity contribution in [1.29, 1.82) is 0 Å². The average molecular weight is 260 g/mol. The fourth-order valence-electron chi connectivity index (χ4n) is 2.61. The SMILES string of the molecule is CCCC(=O)Nc1ccc(CC2CCCNC2)cc1. The van der Waals surface area contributed by atoms with Crippen LogP contribution in [-0.2, 0) is 11.2 Å². The molecule has 1 fully saturated rings. The number of carbonyl (C=O) groups excluding carboxylic acids is 1. The number of amides is 1. The summed E-state index contributed by atoms with van der Waals surface area (Å²) in [7, 11) is 0. The average Bonchev–Trinajstić information content (AvgIpc) is 2.42. The second kappa shape index (κ2) is 7.29. The van der Waals surface area contributed by atoms with Crippen molar-refractivity contribution in [3.63, 3.8) is 0 Å². The van der Waals surface area contributed by atoms with Crippen molar-refractivity contribution in [2.45, 2.75) is 39.0 Å². The monoisotopic (exact) mass is 260 g/mol. The van der Waals surface area contributed by atoms with E-state index in [0.717, 1.165) is 31.0 Å². The lowest BCUT2D eigenvalue weighted by Crippen LogP contribution is -2.30. The van der Waals surface area contributed by atoms with E-state index in [-0.39, 0.29) is 5.91 Å². The molecule has 0 bridgehead atoms. The summed E-state index contributed by atoms with van der Waals surface area (Å²) < 4.78 is 0. The standard InChI is InChI=1S/C16H24N2O/c1-2-4-16(19)18-15-8-6-13(7-9-15)11-14-5-3-10-17-12-14/h6-9,14,17H,2-5,10-12H2,1H3,(H,18,19). The largest absolute Gasteiger partial charge is 0.326 e. The minimum absolute atomic E-state index is 0.103. The molecule has 19 heavy (non-hydrogen) atoms. The van der Waals surface area contributed by atoms with Gasteiger partial charge in [0.25, 0.3) is 0 Å². The Labute approximate surface area is 115 Å². The predicted octanol–water partition coefficient (Wildman–Crippen LogP) is 2.97. The predicted molar refractivity (Wildman–Crippen MR) is 79.3 cm³/mol. The normalized spacial score (nSPS) is 19.1. The van der Waals surface area contributed by atoms with Crippen LogP contribution >= 0.6 is 0 Å². The smallest absolute Gasteiger partial charge is 0.224 e.